The van der Waals surface area contributed by atoms with Crippen molar-refractivity contribution in [3.63, 3.8) is 0 Å². The molecular weight excluding hydrogens is 387 g/mol. The second kappa shape index (κ2) is 9.09. The molecule has 0 bridgehead atoms. The summed E-state index contributed by atoms with van der Waals surface area (Å²) in [4.78, 5) is -0.185. The van der Waals surface area contributed by atoms with E-state index in [1.54, 1.807) is 61.5 Å². The minimum Gasteiger partial charge on any atom is -0.744 e. The number of hydrogen-bond donors (Lipinski definition) is 1. The molecule has 9 heteroatoms. The van der Waals surface area contributed by atoms with Crippen molar-refractivity contribution in [1.29, 1.82) is 0 Å². The van der Waals surface area contributed by atoms with Crippen LogP contribution in [0.2, 0.25) is 0 Å². The molecule has 0 saturated carbocycles. The van der Waals surface area contributed by atoms with Crippen LogP contribution < -0.4 is 29.6 Å². The van der Waals surface area contributed by atoms with Crippen LogP contribution in [0.15, 0.2) is 76.5 Å². The zero-order valence-corrected chi connectivity index (χ0v) is 17.8. The van der Waals surface area contributed by atoms with E-state index >= 15 is 0 Å². The number of rotatable bonds is 2. The van der Waals surface area contributed by atoms with Gasteiger partial charge < -0.3 is 4.55 Å². The second-order valence-electron chi connectivity index (χ2n) is 5.17. The van der Waals surface area contributed by atoms with Gasteiger partial charge in [-0.2, -0.15) is 8.42 Å². The summed E-state index contributed by atoms with van der Waals surface area (Å²) in [7, 11) is -8.41. The van der Waals surface area contributed by atoms with Crippen LogP contribution >= 0.6 is 0 Å². The Bertz CT molecular complexity index is 1100. The third kappa shape index (κ3) is 5.88. The monoisotopic (exact) mass is 402 g/mol. The quantitative estimate of drug-likeness (QED) is 0.477. The summed E-state index contributed by atoms with van der Waals surface area (Å²) < 4.78 is 62.5. The molecule has 3 aromatic carbocycles. The minimum absolute atomic E-state index is 0. The van der Waals surface area contributed by atoms with E-state index in [2.05, 4.69) is 0 Å². The van der Waals surface area contributed by atoms with Gasteiger partial charge in [0.1, 0.15) is 10.1 Å². The minimum atomic E-state index is -4.38. The van der Waals surface area contributed by atoms with Crippen molar-refractivity contribution >= 4 is 31.0 Å². The SMILES string of the molecule is Cc1ccccc1S(=O)(=O)O.O=S(=O)([O-])c1cccc2ccccc12.[Na+]. The Balaban J connectivity index is 0.000000258. The summed E-state index contributed by atoms with van der Waals surface area (Å²) in [5.41, 5.74) is 0.551. The van der Waals surface area contributed by atoms with Crippen LogP contribution in [0.1, 0.15) is 5.56 Å². The molecule has 0 fully saturated rings. The molecule has 3 aromatic rings. The predicted octanol–water partition coefficient (Wildman–Crippen LogP) is -0.0104. The zero-order valence-electron chi connectivity index (χ0n) is 14.2. The molecule has 0 saturated heterocycles. The standard InChI is InChI=1S/C10H8O3S.C7H8O3S.Na/c11-14(12,13)10-7-3-5-8-4-1-2-6-9(8)10;1-6-4-2-3-5-7(6)11(8,9)10;/h1-7H,(H,11,12,13);2-5H,1H3,(H,8,9,10);/q;;+1/p-1. The van der Waals surface area contributed by atoms with Crippen LogP contribution in [-0.4, -0.2) is 25.9 Å². The Morgan fingerprint density at radius 3 is 1.81 bits per heavy atom. The Labute approximate surface area is 174 Å². The fourth-order valence-electron chi connectivity index (χ4n) is 2.26. The summed E-state index contributed by atoms with van der Waals surface area (Å²) in [5, 5.41) is 1.23. The molecule has 1 N–H and O–H groups in total. The van der Waals surface area contributed by atoms with E-state index in [1.165, 1.54) is 12.1 Å². The summed E-state index contributed by atoms with van der Waals surface area (Å²) >= 11 is 0. The van der Waals surface area contributed by atoms with Gasteiger partial charge in [-0.1, -0.05) is 54.6 Å². The molecule has 0 aromatic heterocycles. The third-order valence-corrected chi connectivity index (χ3v) is 5.30. The molecule has 132 valence electrons. The van der Waals surface area contributed by atoms with E-state index in [1.807, 2.05) is 0 Å². The number of fused-ring (bicyclic) bond motifs is 1. The van der Waals surface area contributed by atoms with Gasteiger partial charge in [-0.25, -0.2) is 8.42 Å². The first-order valence-corrected chi connectivity index (χ1v) is 9.92. The van der Waals surface area contributed by atoms with E-state index < -0.39 is 20.2 Å². The van der Waals surface area contributed by atoms with Crippen molar-refractivity contribution in [2.45, 2.75) is 16.7 Å². The van der Waals surface area contributed by atoms with Crippen LogP contribution in [0, 0.1) is 6.92 Å². The largest absolute Gasteiger partial charge is 1.00 e. The first-order chi connectivity index (χ1) is 11.6. The van der Waals surface area contributed by atoms with Gasteiger partial charge in [0, 0.05) is 0 Å². The van der Waals surface area contributed by atoms with E-state index in [9.17, 15) is 21.4 Å². The van der Waals surface area contributed by atoms with Crippen LogP contribution in [0.5, 0.6) is 0 Å². The molecule has 3 rings (SSSR count). The number of benzene rings is 3. The van der Waals surface area contributed by atoms with E-state index in [0.717, 1.165) is 5.39 Å². The maximum absolute atomic E-state index is 10.9. The van der Waals surface area contributed by atoms with Gasteiger partial charge in [0.05, 0.1) is 9.79 Å². The molecular formula is C17H15NaO6S2. The fraction of sp³-hybridized carbons (Fsp3) is 0.0588. The van der Waals surface area contributed by atoms with Crippen molar-refractivity contribution in [2.24, 2.45) is 0 Å². The van der Waals surface area contributed by atoms with Crippen molar-refractivity contribution in [3.05, 3.63) is 72.3 Å². The predicted molar refractivity (Wildman–Crippen MR) is 92.9 cm³/mol. The van der Waals surface area contributed by atoms with E-state index in [4.69, 9.17) is 4.55 Å². The molecule has 0 heterocycles. The molecule has 26 heavy (non-hydrogen) atoms. The van der Waals surface area contributed by atoms with Gasteiger partial charge in [-0.3, -0.25) is 4.55 Å². The zero-order chi connectivity index (χ0) is 18.7. The molecule has 0 atom stereocenters. The topological polar surface area (TPSA) is 112 Å². The fourth-order valence-corrected chi connectivity index (χ4v) is 3.69. The van der Waals surface area contributed by atoms with Gasteiger partial charge in [-0.05, 0) is 35.4 Å². The van der Waals surface area contributed by atoms with Crippen LogP contribution in [0.25, 0.3) is 10.8 Å². The van der Waals surface area contributed by atoms with Crippen molar-refractivity contribution < 1.29 is 55.5 Å². The van der Waals surface area contributed by atoms with Crippen molar-refractivity contribution in [1.82, 2.24) is 0 Å². The average molecular weight is 402 g/mol. The summed E-state index contributed by atoms with van der Waals surface area (Å²) in [6, 6.07) is 17.8. The first-order valence-electron chi connectivity index (χ1n) is 7.07. The van der Waals surface area contributed by atoms with Gasteiger partial charge in [0.2, 0.25) is 0 Å². The Kier molecular flexibility index (Phi) is 7.97. The van der Waals surface area contributed by atoms with Gasteiger partial charge in [0.15, 0.2) is 0 Å². The van der Waals surface area contributed by atoms with Crippen molar-refractivity contribution in [2.75, 3.05) is 0 Å². The molecule has 6 nitrogen and oxygen atoms in total. The van der Waals surface area contributed by atoms with E-state index in [-0.39, 0.29) is 39.3 Å². The second-order valence-corrected chi connectivity index (χ2v) is 7.91. The maximum atomic E-state index is 10.9. The van der Waals surface area contributed by atoms with Crippen LogP contribution in [0.3, 0.4) is 0 Å². The Morgan fingerprint density at radius 1 is 0.769 bits per heavy atom. The van der Waals surface area contributed by atoms with Gasteiger partial charge in [-0.15, -0.1) is 0 Å². The normalized spacial score (nSPS) is 11.2. The summed E-state index contributed by atoms with van der Waals surface area (Å²) in [6.07, 6.45) is 0. The number of aryl methyl sites for hydroxylation is 1. The van der Waals surface area contributed by atoms with Crippen LogP contribution in [-0.2, 0) is 20.2 Å². The maximum Gasteiger partial charge on any atom is 1.00 e. The van der Waals surface area contributed by atoms with Gasteiger partial charge >= 0.3 is 29.6 Å². The molecule has 0 spiro atoms. The van der Waals surface area contributed by atoms with Crippen LogP contribution in [0.4, 0.5) is 0 Å². The Hall–Kier alpha value is -1.26. The summed E-state index contributed by atoms with van der Waals surface area (Å²) in [5.74, 6) is 0. The van der Waals surface area contributed by atoms with E-state index in [0.29, 0.717) is 10.9 Å². The molecule has 0 radical (unpaired) electrons. The molecule has 0 aliphatic carbocycles. The first kappa shape index (κ1) is 22.8. The summed E-state index contributed by atoms with van der Waals surface area (Å²) in [6.45, 7) is 1.63. The molecule has 0 unspecified atom stereocenters. The van der Waals surface area contributed by atoms with Gasteiger partial charge in [0.25, 0.3) is 10.1 Å². The molecule has 0 aliphatic rings. The molecule has 0 aliphatic heterocycles. The third-order valence-electron chi connectivity index (χ3n) is 3.39. The smallest absolute Gasteiger partial charge is 0.744 e. The number of hydrogen-bond acceptors (Lipinski definition) is 5. The van der Waals surface area contributed by atoms with Crippen molar-refractivity contribution in [3.8, 4) is 0 Å². The molecule has 0 amide bonds. The Morgan fingerprint density at radius 2 is 1.27 bits per heavy atom. The average Bonchev–Trinajstić information content (AvgIpc) is 2.53.